The summed E-state index contributed by atoms with van der Waals surface area (Å²) in [6.45, 7) is 3.40. The van der Waals surface area contributed by atoms with Crippen molar-refractivity contribution in [3.05, 3.63) is 66.7 Å². The van der Waals surface area contributed by atoms with Gasteiger partial charge in [-0.1, -0.05) is 42.5 Å². The van der Waals surface area contributed by atoms with Crippen molar-refractivity contribution in [1.82, 2.24) is 15.2 Å². The van der Waals surface area contributed by atoms with E-state index in [1.54, 1.807) is 0 Å². The Labute approximate surface area is 157 Å². The molecule has 0 N–H and O–H groups in total. The Kier molecular flexibility index (Phi) is 3.93. The number of rotatable bonds is 3. The van der Waals surface area contributed by atoms with E-state index in [4.69, 9.17) is 4.42 Å². The zero-order chi connectivity index (χ0) is 18.1. The fraction of sp³-hybridized carbons (Fsp3) is 0.190. The SMILES string of the molecule is c1ccc(-c2ccc(N3CCN(c4nc5ccccc5o4)CC3)nn2)cc1. The highest BCUT2D eigenvalue weighted by atomic mass is 16.4. The number of aromatic nitrogens is 3. The van der Waals surface area contributed by atoms with Crippen LogP contribution in [0.25, 0.3) is 22.4 Å². The quantitative estimate of drug-likeness (QED) is 0.558. The van der Waals surface area contributed by atoms with Gasteiger partial charge in [0.25, 0.3) is 6.01 Å². The number of para-hydroxylation sites is 2. The van der Waals surface area contributed by atoms with Crippen molar-refractivity contribution >= 4 is 22.9 Å². The van der Waals surface area contributed by atoms with Crippen molar-refractivity contribution in [2.75, 3.05) is 36.0 Å². The molecule has 2 aromatic carbocycles. The summed E-state index contributed by atoms with van der Waals surface area (Å²) in [4.78, 5) is 9.03. The van der Waals surface area contributed by atoms with Gasteiger partial charge in [0, 0.05) is 31.7 Å². The molecular formula is C21H19N5O. The highest BCUT2D eigenvalue weighted by Gasteiger charge is 2.22. The van der Waals surface area contributed by atoms with Gasteiger partial charge in [-0.3, -0.25) is 0 Å². The average Bonchev–Trinajstić information content (AvgIpc) is 3.19. The first kappa shape index (κ1) is 15.8. The molecule has 6 nitrogen and oxygen atoms in total. The van der Waals surface area contributed by atoms with Gasteiger partial charge in [0.2, 0.25) is 0 Å². The van der Waals surface area contributed by atoms with Gasteiger partial charge in [-0.15, -0.1) is 10.2 Å². The Bertz CT molecular complexity index is 1000. The molecular weight excluding hydrogens is 338 g/mol. The zero-order valence-electron chi connectivity index (χ0n) is 14.8. The van der Waals surface area contributed by atoms with Crippen molar-refractivity contribution in [2.24, 2.45) is 0 Å². The fourth-order valence-corrected chi connectivity index (χ4v) is 3.38. The van der Waals surface area contributed by atoms with Crippen LogP contribution in [-0.4, -0.2) is 41.4 Å². The van der Waals surface area contributed by atoms with Crippen molar-refractivity contribution < 1.29 is 4.42 Å². The highest BCUT2D eigenvalue weighted by Crippen LogP contribution is 2.24. The van der Waals surface area contributed by atoms with E-state index in [1.807, 2.05) is 66.7 Å². The van der Waals surface area contributed by atoms with Gasteiger partial charge in [-0.25, -0.2) is 0 Å². The van der Waals surface area contributed by atoms with Gasteiger partial charge in [0.05, 0.1) is 5.69 Å². The van der Waals surface area contributed by atoms with Gasteiger partial charge >= 0.3 is 0 Å². The Morgan fingerprint density at radius 3 is 2.19 bits per heavy atom. The van der Waals surface area contributed by atoms with E-state index in [2.05, 4.69) is 25.0 Å². The van der Waals surface area contributed by atoms with Crippen molar-refractivity contribution in [3.63, 3.8) is 0 Å². The fourth-order valence-electron chi connectivity index (χ4n) is 3.38. The lowest BCUT2D eigenvalue weighted by atomic mass is 10.1. The van der Waals surface area contributed by atoms with Crippen LogP contribution in [0.15, 0.2) is 71.1 Å². The second-order valence-corrected chi connectivity index (χ2v) is 6.58. The summed E-state index contributed by atoms with van der Waals surface area (Å²) < 4.78 is 5.88. The summed E-state index contributed by atoms with van der Waals surface area (Å²) in [6, 6.07) is 22.8. The van der Waals surface area contributed by atoms with E-state index < -0.39 is 0 Å². The third kappa shape index (κ3) is 3.10. The van der Waals surface area contributed by atoms with Crippen molar-refractivity contribution in [3.8, 4) is 11.3 Å². The lowest BCUT2D eigenvalue weighted by molar-refractivity contribution is 0.540. The standard InChI is InChI=1S/C21H19N5O/c1-2-6-16(7-3-1)17-10-11-20(24-23-17)25-12-14-26(15-13-25)21-22-18-8-4-5-9-19(18)27-21/h1-11H,12-15H2. The van der Waals surface area contributed by atoms with E-state index in [9.17, 15) is 0 Å². The molecule has 134 valence electrons. The first-order valence-electron chi connectivity index (χ1n) is 9.11. The molecule has 1 aliphatic heterocycles. The molecule has 2 aromatic heterocycles. The van der Waals surface area contributed by atoms with Gasteiger partial charge in [0.15, 0.2) is 11.4 Å². The minimum absolute atomic E-state index is 0.696. The molecule has 0 atom stereocenters. The minimum atomic E-state index is 0.696. The number of fused-ring (bicyclic) bond motifs is 1. The molecule has 6 heteroatoms. The summed E-state index contributed by atoms with van der Waals surface area (Å²) in [6.07, 6.45) is 0. The number of benzene rings is 2. The molecule has 27 heavy (non-hydrogen) atoms. The summed E-state index contributed by atoms with van der Waals surface area (Å²) >= 11 is 0. The predicted octanol–water partition coefficient (Wildman–Crippen LogP) is 3.61. The summed E-state index contributed by atoms with van der Waals surface area (Å²) in [7, 11) is 0. The molecule has 0 aliphatic carbocycles. The molecule has 0 unspecified atom stereocenters. The number of hydrogen-bond donors (Lipinski definition) is 0. The third-order valence-electron chi connectivity index (χ3n) is 4.88. The van der Waals surface area contributed by atoms with E-state index in [0.29, 0.717) is 6.01 Å². The lowest BCUT2D eigenvalue weighted by Crippen LogP contribution is -2.47. The largest absolute Gasteiger partial charge is 0.423 e. The third-order valence-corrected chi connectivity index (χ3v) is 4.88. The van der Waals surface area contributed by atoms with Gasteiger partial charge < -0.3 is 14.2 Å². The Hall–Kier alpha value is -3.41. The Morgan fingerprint density at radius 2 is 1.44 bits per heavy atom. The Morgan fingerprint density at radius 1 is 0.704 bits per heavy atom. The second kappa shape index (κ2) is 6.72. The molecule has 4 aromatic rings. The second-order valence-electron chi connectivity index (χ2n) is 6.58. The maximum absolute atomic E-state index is 5.88. The van der Waals surface area contributed by atoms with Crippen molar-refractivity contribution in [2.45, 2.75) is 0 Å². The first-order valence-corrected chi connectivity index (χ1v) is 9.11. The van der Waals surface area contributed by atoms with Gasteiger partial charge in [0.1, 0.15) is 5.52 Å². The number of anilines is 2. The monoisotopic (exact) mass is 357 g/mol. The van der Waals surface area contributed by atoms with Crippen LogP contribution < -0.4 is 9.80 Å². The normalized spacial score (nSPS) is 14.7. The summed E-state index contributed by atoms with van der Waals surface area (Å²) in [5.74, 6) is 0.909. The van der Waals surface area contributed by atoms with Crippen molar-refractivity contribution in [1.29, 1.82) is 0 Å². The van der Waals surface area contributed by atoms with Gasteiger partial charge in [-0.05, 0) is 24.3 Å². The lowest BCUT2D eigenvalue weighted by Gasteiger charge is -2.34. The summed E-state index contributed by atoms with van der Waals surface area (Å²) in [5.41, 5.74) is 3.70. The van der Waals surface area contributed by atoms with E-state index in [-0.39, 0.29) is 0 Å². The van der Waals surface area contributed by atoms with E-state index >= 15 is 0 Å². The summed E-state index contributed by atoms with van der Waals surface area (Å²) in [5, 5.41) is 8.82. The van der Waals surface area contributed by atoms with Crippen LogP contribution in [0.5, 0.6) is 0 Å². The smallest absolute Gasteiger partial charge is 0.298 e. The van der Waals surface area contributed by atoms with Crippen LogP contribution >= 0.6 is 0 Å². The zero-order valence-corrected chi connectivity index (χ0v) is 14.8. The highest BCUT2D eigenvalue weighted by molar-refractivity contribution is 5.74. The molecule has 5 rings (SSSR count). The maximum atomic E-state index is 5.88. The molecule has 1 fully saturated rings. The average molecular weight is 357 g/mol. The first-order chi connectivity index (χ1) is 13.4. The van der Waals surface area contributed by atoms with Crippen LogP contribution in [0.4, 0.5) is 11.8 Å². The van der Waals surface area contributed by atoms with Crippen LogP contribution in [-0.2, 0) is 0 Å². The number of oxazole rings is 1. The Balaban J connectivity index is 1.27. The predicted molar refractivity (Wildman–Crippen MR) is 106 cm³/mol. The molecule has 1 saturated heterocycles. The minimum Gasteiger partial charge on any atom is -0.423 e. The molecule has 0 bridgehead atoms. The molecule has 1 aliphatic rings. The number of piperazine rings is 1. The number of nitrogens with zero attached hydrogens (tertiary/aromatic N) is 5. The molecule has 0 spiro atoms. The number of hydrogen-bond acceptors (Lipinski definition) is 6. The van der Waals surface area contributed by atoms with Crippen LogP contribution in [0.1, 0.15) is 0 Å². The van der Waals surface area contributed by atoms with Gasteiger partial charge in [-0.2, -0.15) is 4.98 Å². The van der Waals surface area contributed by atoms with Crippen LogP contribution in [0.2, 0.25) is 0 Å². The van der Waals surface area contributed by atoms with Crippen LogP contribution in [0, 0.1) is 0 Å². The molecule has 0 saturated carbocycles. The molecule has 0 amide bonds. The molecule has 0 radical (unpaired) electrons. The maximum Gasteiger partial charge on any atom is 0.298 e. The van der Waals surface area contributed by atoms with E-state index in [1.165, 1.54) is 0 Å². The van der Waals surface area contributed by atoms with Crippen LogP contribution in [0.3, 0.4) is 0 Å². The van der Waals surface area contributed by atoms with E-state index in [0.717, 1.165) is 54.4 Å². The topological polar surface area (TPSA) is 58.3 Å². The molecule has 3 heterocycles.